The van der Waals surface area contributed by atoms with Crippen molar-refractivity contribution in [2.75, 3.05) is 12.8 Å². The smallest absolute Gasteiger partial charge is 0.238 e. The molecule has 3 fully saturated rings. The molecule has 0 aliphatic carbocycles. The van der Waals surface area contributed by atoms with Crippen molar-refractivity contribution < 1.29 is 9.53 Å². The van der Waals surface area contributed by atoms with Gasteiger partial charge < -0.3 is 9.64 Å². The van der Waals surface area contributed by atoms with E-state index in [-0.39, 0.29) is 24.2 Å². The maximum absolute atomic E-state index is 12.3. The summed E-state index contributed by atoms with van der Waals surface area (Å²) < 4.78 is 5.94. The Labute approximate surface area is 129 Å². The van der Waals surface area contributed by atoms with Crippen LogP contribution >= 0.6 is 11.8 Å². The molecule has 1 aromatic rings. The van der Waals surface area contributed by atoms with E-state index in [1.54, 1.807) is 11.8 Å². The fraction of sp³-hybridized carbons (Fsp3) is 0.562. The quantitative estimate of drug-likeness (QED) is 0.869. The van der Waals surface area contributed by atoms with Crippen molar-refractivity contribution in [2.24, 2.45) is 0 Å². The SMILES string of the molecule is CSc1ccc(C2NCC(=O)N2C2CC3CCC2O3)cc1. The van der Waals surface area contributed by atoms with Gasteiger partial charge in [-0.05, 0) is 43.2 Å². The number of rotatable bonds is 3. The highest BCUT2D eigenvalue weighted by Gasteiger charge is 2.48. The van der Waals surface area contributed by atoms with Gasteiger partial charge in [0.25, 0.3) is 0 Å². The van der Waals surface area contributed by atoms with Gasteiger partial charge in [-0.2, -0.15) is 0 Å². The van der Waals surface area contributed by atoms with Crippen LogP contribution in [-0.2, 0) is 9.53 Å². The number of hydrogen-bond acceptors (Lipinski definition) is 4. The Kier molecular flexibility index (Phi) is 3.44. The van der Waals surface area contributed by atoms with E-state index in [1.165, 1.54) is 10.5 Å². The molecule has 3 saturated heterocycles. The Hall–Kier alpha value is -1.04. The van der Waals surface area contributed by atoms with Crippen molar-refractivity contribution in [2.45, 2.75) is 48.6 Å². The van der Waals surface area contributed by atoms with Gasteiger partial charge in [0, 0.05) is 4.90 Å². The summed E-state index contributed by atoms with van der Waals surface area (Å²) in [6.45, 7) is 0.433. The van der Waals surface area contributed by atoms with Gasteiger partial charge in [0.05, 0.1) is 24.8 Å². The van der Waals surface area contributed by atoms with Gasteiger partial charge in [0.1, 0.15) is 6.17 Å². The Balaban J connectivity index is 1.59. The van der Waals surface area contributed by atoms with E-state index in [0.29, 0.717) is 12.6 Å². The van der Waals surface area contributed by atoms with Crippen LogP contribution in [0.3, 0.4) is 0 Å². The molecule has 1 aromatic carbocycles. The van der Waals surface area contributed by atoms with Crippen LogP contribution in [0.25, 0.3) is 0 Å². The molecule has 5 heteroatoms. The summed E-state index contributed by atoms with van der Waals surface area (Å²) in [5.74, 6) is 0.204. The summed E-state index contributed by atoms with van der Waals surface area (Å²) in [4.78, 5) is 15.6. The van der Waals surface area contributed by atoms with Crippen LogP contribution in [0, 0.1) is 0 Å². The first-order chi connectivity index (χ1) is 10.3. The zero-order chi connectivity index (χ0) is 14.4. The second-order valence-corrected chi connectivity index (χ2v) is 6.91. The van der Waals surface area contributed by atoms with E-state index in [2.05, 4.69) is 35.8 Å². The molecule has 1 amide bonds. The maximum Gasteiger partial charge on any atom is 0.238 e. The number of carbonyl (C=O) groups is 1. The summed E-state index contributed by atoms with van der Waals surface area (Å²) in [6, 6.07) is 8.75. The maximum atomic E-state index is 12.3. The predicted molar refractivity (Wildman–Crippen MR) is 82.1 cm³/mol. The first-order valence-corrected chi connectivity index (χ1v) is 8.82. The van der Waals surface area contributed by atoms with Gasteiger partial charge in [-0.3, -0.25) is 10.1 Å². The third kappa shape index (κ3) is 2.28. The minimum absolute atomic E-state index is 0.00126. The lowest BCUT2D eigenvalue weighted by molar-refractivity contribution is -0.131. The lowest BCUT2D eigenvalue weighted by atomic mass is 9.93. The van der Waals surface area contributed by atoms with E-state index in [9.17, 15) is 4.79 Å². The topological polar surface area (TPSA) is 41.6 Å². The lowest BCUT2D eigenvalue weighted by Gasteiger charge is -2.34. The van der Waals surface area contributed by atoms with Crippen LogP contribution in [0.15, 0.2) is 29.2 Å². The van der Waals surface area contributed by atoms with E-state index in [0.717, 1.165) is 19.3 Å². The highest BCUT2D eigenvalue weighted by atomic mass is 32.2. The molecule has 4 nitrogen and oxygen atoms in total. The number of thioether (sulfide) groups is 1. The van der Waals surface area contributed by atoms with Gasteiger partial charge in [-0.25, -0.2) is 0 Å². The van der Waals surface area contributed by atoms with Crippen LogP contribution in [0.4, 0.5) is 0 Å². The van der Waals surface area contributed by atoms with Crippen molar-refractivity contribution in [3.8, 4) is 0 Å². The molecule has 2 bridgehead atoms. The minimum atomic E-state index is 0.00126. The third-order valence-corrected chi connectivity index (χ3v) is 5.62. The van der Waals surface area contributed by atoms with Crippen LogP contribution in [0.1, 0.15) is 31.0 Å². The number of benzene rings is 1. The zero-order valence-corrected chi connectivity index (χ0v) is 12.9. The fourth-order valence-corrected chi connectivity index (χ4v) is 4.27. The number of nitrogens with zero attached hydrogens (tertiary/aromatic N) is 1. The van der Waals surface area contributed by atoms with Crippen molar-refractivity contribution >= 4 is 17.7 Å². The first-order valence-electron chi connectivity index (χ1n) is 7.60. The molecular weight excluding hydrogens is 284 g/mol. The number of fused-ring (bicyclic) bond motifs is 2. The summed E-state index contributed by atoms with van der Waals surface area (Å²) in [7, 11) is 0. The van der Waals surface area contributed by atoms with E-state index in [4.69, 9.17) is 4.74 Å². The van der Waals surface area contributed by atoms with E-state index >= 15 is 0 Å². The number of nitrogens with one attached hydrogen (secondary N) is 1. The van der Waals surface area contributed by atoms with Gasteiger partial charge in [0.2, 0.25) is 5.91 Å². The molecule has 0 radical (unpaired) electrons. The number of hydrogen-bond donors (Lipinski definition) is 1. The van der Waals surface area contributed by atoms with E-state index in [1.807, 2.05) is 4.90 Å². The molecule has 112 valence electrons. The van der Waals surface area contributed by atoms with Crippen molar-refractivity contribution in [3.05, 3.63) is 29.8 Å². The summed E-state index contributed by atoms with van der Waals surface area (Å²) in [5, 5.41) is 3.36. The number of amides is 1. The summed E-state index contributed by atoms with van der Waals surface area (Å²) in [6.07, 6.45) is 5.94. The fourth-order valence-electron chi connectivity index (χ4n) is 3.86. The largest absolute Gasteiger partial charge is 0.373 e. The first kappa shape index (κ1) is 13.6. The molecule has 0 saturated carbocycles. The molecule has 0 aromatic heterocycles. The Morgan fingerprint density at radius 2 is 2.10 bits per heavy atom. The summed E-state index contributed by atoms with van der Waals surface area (Å²) >= 11 is 1.74. The Bertz CT molecular complexity index is 548. The highest BCUT2D eigenvalue weighted by molar-refractivity contribution is 7.98. The average molecular weight is 304 g/mol. The highest BCUT2D eigenvalue weighted by Crippen LogP contribution is 2.40. The molecule has 4 atom stereocenters. The molecule has 21 heavy (non-hydrogen) atoms. The molecular formula is C16H20N2O2S. The summed E-state index contributed by atoms with van der Waals surface area (Å²) in [5.41, 5.74) is 1.17. The second-order valence-electron chi connectivity index (χ2n) is 6.03. The van der Waals surface area contributed by atoms with E-state index < -0.39 is 0 Å². The van der Waals surface area contributed by atoms with Crippen LogP contribution in [0.2, 0.25) is 0 Å². The van der Waals surface area contributed by atoms with Gasteiger partial charge >= 0.3 is 0 Å². The molecule has 4 rings (SSSR count). The normalized spacial score (nSPS) is 34.9. The van der Waals surface area contributed by atoms with Crippen LogP contribution < -0.4 is 5.32 Å². The standard InChI is InChI=1S/C16H20N2O2S/c1-21-12-5-2-10(3-6-12)16-17-9-15(19)18(16)13-8-11-4-7-14(13)20-11/h2-3,5-6,11,13-14,16-17H,4,7-9H2,1H3. The molecule has 3 aliphatic rings. The van der Waals surface area contributed by atoms with Gasteiger partial charge in [-0.15, -0.1) is 11.8 Å². The number of carbonyl (C=O) groups excluding carboxylic acids is 1. The predicted octanol–water partition coefficient (Wildman–Crippen LogP) is 2.16. The van der Waals surface area contributed by atoms with Crippen LogP contribution in [-0.4, -0.2) is 41.9 Å². The monoisotopic (exact) mass is 304 g/mol. The second kappa shape index (κ2) is 5.30. The third-order valence-electron chi connectivity index (χ3n) is 4.88. The molecule has 1 N–H and O–H groups in total. The van der Waals surface area contributed by atoms with Gasteiger partial charge in [0.15, 0.2) is 0 Å². The Morgan fingerprint density at radius 1 is 1.29 bits per heavy atom. The molecule has 3 aliphatic heterocycles. The zero-order valence-electron chi connectivity index (χ0n) is 12.1. The van der Waals surface area contributed by atoms with Crippen molar-refractivity contribution in [1.82, 2.24) is 10.2 Å². The van der Waals surface area contributed by atoms with Gasteiger partial charge in [-0.1, -0.05) is 12.1 Å². The molecule has 4 unspecified atom stereocenters. The molecule has 3 heterocycles. The van der Waals surface area contributed by atoms with Crippen molar-refractivity contribution in [3.63, 3.8) is 0 Å². The van der Waals surface area contributed by atoms with Crippen molar-refractivity contribution in [1.29, 1.82) is 0 Å². The van der Waals surface area contributed by atoms with Crippen LogP contribution in [0.5, 0.6) is 0 Å². The Morgan fingerprint density at radius 3 is 2.71 bits per heavy atom. The average Bonchev–Trinajstić information content (AvgIpc) is 3.22. The lowest BCUT2D eigenvalue weighted by Crippen LogP contribution is -2.45. The molecule has 0 spiro atoms. The minimum Gasteiger partial charge on any atom is -0.373 e. The number of ether oxygens (including phenoxy) is 1.